The number of hydrogen-bond acceptors (Lipinski definition) is 5. The van der Waals surface area contributed by atoms with Crippen molar-refractivity contribution in [2.45, 2.75) is 32.2 Å². The molecule has 0 N–H and O–H groups in total. The predicted molar refractivity (Wildman–Crippen MR) is 151 cm³/mol. The summed E-state index contributed by atoms with van der Waals surface area (Å²) in [5.41, 5.74) is 4.73. The molecule has 0 bridgehead atoms. The lowest BCUT2D eigenvalue weighted by Crippen LogP contribution is -2.54. The van der Waals surface area contributed by atoms with Crippen LogP contribution < -0.4 is 14.4 Å². The Morgan fingerprint density at radius 3 is 2.21 bits per heavy atom. The second-order valence-electron chi connectivity index (χ2n) is 10.3. The summed E-state index contributed by atoms with van der Waals surface area (Å²) < 4.78 is 11.9. The zero-order valence-electron chi connectivity index (χ0n) is 22.6. The van der Waals surface area contributed by atoms with Crippen molar-refractivity contribution >= 4 is 17.5 Å². The van der Waals surface area contributed by atoms with Gasteiger partial charge in [-0.3, -0.25) is 9.59 Å². The van der Waals surface area contributed by atoms with E-state index in [4.69, 9.17) is 9.47 Å². The van der Waals surface area contributed by atoms with Crippen LogP contribution in [0.5, 0.6) is 11.5 Å². The Hall–Kier alpha value is -4.00. The van der Waals surface area contributed by atoms with Gasteiger partial charge in [0.15, 0.2) is 11.5 Å². The standard InChI is InChI=1S/C32H35N3O4/c1-3-38-27-20-22-14-15-35-30(26(22)21-28(27)39-4-2)29(24-12-8-9-13-25(24)31(35)36)32(37)34-18-16-33(17-19-34)23-10-6-5-7-11-23/h5-13,20-21,29-30H,3-4,14-19H2,1-2H3/t29-,30-/m0/s1. The van der Waals surface area contributed by atoms with Crippen LogP contribution in [0.3, 0.4) is 0 Å². The van der Waals surface area contributed by atoms with Crippen LogP contribution in [0.25, 0.3) is 0 Å². The maximum atomic E-state index is 14.4. The molecule has 7 heteroatoms. The summed E-state index contributed by atoms with van der Waals surface area (Å²) >= 11 is 0. The average Bonchev–Trinajstić information content (AvgIpc) is 2.98. The fraction of sp³-hybridized carbons (Fsp3) is 0.375. The fourth-order valence-corrected chi connectivity index (χ4v) is 6.36. The van der Waals surface area contributed by atoms with Gasteiger partial charge in [0.2, 0.25) is 5.91 Å². The highest BCUT2D eigenvalue weighted by Gasteiger charge is 2.48. The lowest BCUT2D eigenvalue weighted by Gasteiger charge is -2.47. The molecular weight excluding hydrogens is 490 g/mol. The quantitative estimate of drug-likeness (QED) is 0.468. The van der Waals surface area contributed by atoms with E-state index in [1.807, 2.05) is 78.2 Å². The van der Waals surface area contributed by atoms with Gasteiger partial charge in [-0.25, -0.2) is 0 Å². The largest absolute Gasteiger partial charge is 0.490 e. The van der Waals surface area contributed by atoms with E-state index < -0.39 is 5.92 Å². The Balaban J connectivity index is 1.38. The van der Waals surface area contributed by atoms with Gasteiger partial charge in [-0.15, -0.1) is 0 Å². The van der Waals surface area contributed by atoms with Gasteiger partial charge < -0.3 is 24.2 Å². The van der Waals surface area contributed by atoms with Crippen LogP contribution in [-0.2, 0) is 11.2 Å². The van der Waals surface area contributed by atoms with E-state index >= 15 is 0 Å². The second kappa shape index (κ2) is 10.6. The topological polar surface area (TPSA) is 62.3 Å². The zero-order chi connectivity index (χ0) is 26.9. The van der Waals surface area contributed by atoms with E-state index in [2.05, 4.69) is 17.0 Å². The maximum absolute atomic E-state index is 14.4. The summed E-state index contributed by atoms with van der Waals surface area (Å²) in [6, 6.07) is 21.7. The first kappa shape index (κ1) is 25.3. The maximum Gasteiger partial charge on any atom is 0.254 e. The first-order valence-corrected chi connectivity index (χ1v) is 14.0. The van der Waals surface area contributed by atoms with Crippen molar-refractivity contribution in [2.24, 2.45) is 0 Å². The first-order valence-electron chi connectivity index (χ1n) is 14.0. The van der Waals surface area contributed by atoms with Gasteiger partial charge in [0.05, 0.1) is 25.2 Å². The number of fused-ring (bicyclic) bond motifs is 4. The van der Waals surface area contributed by atoms with Crippen molar-refractivity contribution in [1.29, 1.82) is 0 Å². The molecule has 0 saturated carbocycles. The van der Waals surface area contributed by atoms with Gasteiger partial charge in [-0.05, 0) is 67.3 Å². The monoisotopic (exact) mass is 525 g/mol. The van der Waals surface area contributed by atoms with Gasteiger partial charge in [0.25, 0.3) is 5.91 Å². The van der Waals surface area contributed by atoms with Crippen molar-refractivity contribution in [2.75, 3.05) is 50.8 Å². The highest BCUT2D eigenvalue weighted by atomic mass is 16.5. The van der Waals surface area contributed by atoms with Gasteiger partial charge >= 0.3 is 0 Å². The van der Waals surface area contributed by atoms with E-state index in [1.165, 1.54) is 5.69 Å². The molecule has 202 valence electrons. The van der Waals surface area contributed by atoms with Gasteiger partial charge in [-0.2, -0.15) is 0 Å². The molecule has 2 atom stereocenters. The molecular formula is C32H35N3O4. The van der Waals surface area contributed by atoms with E-state index in [9.17, 15) is 9.59 Å². The molecule has 3 heterocycles. The van der Waals surface area contributed by atoms with Crippen molar-refractivity contribution in [3.63, 3.8) is 0 Å². The predicted octanol–water partition coefficient (Wildman–Crippen LogP) is 4.67. The summed E-state index contributed by atoms with van der Waals surface area (Å²) in [4.78, 5) is 34.4. The number of nitrogens with zero attached hydrogens (tertiary/aromatic N) is 3. The lowest BCUT2D eigenvalue weighted by molar-refractivity contribution is -0.135. The van der Waals surface area contributed by atoms with Crippen LogP contribution in [0, 0.1) is 0 Å². The molecule has 0 spiro atoms. The first-order chi connectivity index (χ1) is 19.1. The third kappa shape index (κ3) is 4.50. The van der Waals surface area contributed by atoms with Crippen LogP contribution in [0.4, 0.5) is 5.69 Å². The zero-order valence-corrected chi connectivity index (χ0v) is 22.6. The Kier molecular flexibility index (Phi) is 6.90. The minimum atomic E-state index is -0.478. The third-order valence-electron chi connectivity index (χ3n) is 8.16. The summed E-state index contributed by atoms with van der Waals surface area (Å²) in [5, 5.41) is 0. The van der Waals surface area contributed by atoms with Gasteiger partial charge in [0, 0.05) is 44.0 Å². The number of benzene rings is 3. The van der Waals surface area contributed by atoms with E-state index in [0.29, 0.717) is 56.3 Å². The highest BCUT2D eigenvalue weighted by molar-refractivity contribution is 6.01. The Labute approximate surface area is 229 Å². The smallest absolute Gasteiger partial charge is 0.254 e. The molecule has 3 aliphatic rings. The van der Waals surface area contributed by atoms with Gasteiger partial charge in [-0.1, -0.05) is 36.4 Å². The molecule has 0 radical (unpaired) electrons. The third-order valence-corrected chi connectivity index (χ3v) is 8.16. The van der Waals surface area contributed by atoms with Crippen molar-refractivity contribution in [3.8, 4) is 11.5 Å². The minimum absolute atomic E-state index is 0.00829. The summed E-state index contributed by atoms with van der Waals surface area (Å²) in [6.07, 6.45) is 0.711. The average molecular weight is 526 g/mol. The van der Waals surface area contributed by atoms with E-state index in [0.717, 1.165) is 29.8 Å². The number of rotatable bonds is 6. The summed E-state index contributed by atoms with van der Waals surface area (Å²) in [7, 11) is 0. The lowest BCUT2D eigenvalue weighted by atomic mass is 9.75. The number of amides is 2. The number of piperazine rings is 1. The van der Waals surface area contributed by atoms with E-state index in [1.54, 1.807) is 0 Å². The summed E-state index contributed by atoms with van der Waals surface area (Å²) in [6.45, 7) is 8.36. The Bertz CT molecular complexity index is 1370. The Morgan fingerprint density at radius 1 is 0.821 bits per heavy atom. The normalized spacial score (nSPS) is 20.2. The number of hydrogen-bond donors (Lipinski definition) is 0. The molecule has 0 aromatic heterocycles. The van der Waals surface area contributed by atoms with Crippen LogP contribution in [0.15, 0.2) is 66.7 Å². The molecule has 2 amide bonds. The minimum Gasteiger partial charge on any atom is -0.490 e. The van der Waals surface area contributed by atoms with Gasteiger partial charge in [0.1, 0.15) is 0 Å². The molecule has 7 nitrogen and oxygen atoms in total. The van der Waals surface area contributed by atoms with Crippen LogP contribution in [0.1, 0.15) is 52.9 Å². The molecule has 3 aliphatic heterocycles. The highest BCUT2D eigenvalue weighted by Crippen LogP contribution is 2.49. The molecule has 3 aromatic rings. The van der Waals surface area contributed by atoms with E-state index in [-0.39, 0.29) is 17.9 Å². The number of carbonyl (C=O) groups excluding carboxylic acids is 2. The molecule has 1 saturated heterocycles. The molecule has 39 heavy (non-hydrogen) atoms. The van der Waals surface area contributed by atoms with Crippen molar-refractivity contribution < 1.29 is 19.1 Å². The van der Waals surface area contributed by atoms with Crippen LogP contribution in [-0.4, -0.2) is 67.6 Å². The van der Waals surface area contributed by atoms with Crippen molar-refractivity contribution in [3.05, 3.63) is 89.0 Å². The van der Waals surface area contributed by atoms with Crippen LogP contribution in [0.2, 0.25) is 0 Å². The number of ether oxygens (including phenoxy) is 2. The molecule has 3 aromatic carbocycles. The second-order valence-corrected chi connectivity index (χ2v) is 10.3. The summed E-state index contributed by atoms with van der Waals surface area (Å²) in [5.74, 6) is 0.972. The van der Waals surface area contributed by atoms with Crippen molar-refractivity contribution in [1.82, 2.24) is 9.80 Å². The molecule has 0 unspecified atom stereocenters. The molecule has 0 aliphatic carbocycles. The fourth-order valence-electron chi connectivity index (χ4n) is 6.36. The number of carbonyl (C=O) groups is 2. The SMILES string of the molecule is CCOc1cc2c(cc1OCC)[C@H]1[C@@H](C(=O)N3CCN(c4ccccc4)CC3)c3ccccc3C(=O)N1CC2. The number of anilines is 1. The molecule has 6 rings (SSSR count). The molecule has 1 fully saturated rings. The Morgan fingerprint density at radius 2 is 1.49 bits per heavy atom. The number of para-hydroxylation sites is 1. The van der Waals surface area contributed by atoms with Crippen LogP contribution >= 0.6 is 0 Å².